The zero-order chi connectivity index (χ0) is 8.59. The molecule has 36 valence electrons. The second-order valence-electron chi connectivity index (χ2n) is 1.31. The monoisotopic (exact) mass is 96.1 g/mol. The normalized spacial score (nSPS) is 16.7. The molecule has 0 heterocycles. The van der Waals surface area contributed by atoms with Gasteiger partial charge in [-0.25, -0.2) is 0 Å². The van der Waals surface area contributed by atoms with Crippen LogP contribution in [0.2, 0.25) is 0 Å². The van der Waals surface area contributed by atoms with E-state index in [2.05, 4.69) is 0 Å². The predicted molar refractivity (Wildman–Crippen MR) is 31.2 cm³/mol. The Morgan fingerprint density at radius 2 is 2.00 bits per heavy atom. The van der Waals surface area contributed by atoms with Gasteiger partial charge >= 0.3 is 0 Å². The van der Waals surface area contributed by atoms with Crippen LogP contribution >= 0.6 is 0 Å². The minimum atomic E-state index is 0.0171. The second-order valence-corrected chi connectivity index (χ2v) is 1.31. The fourth-order valence-electron chi connectivity index (χ4n) is 0.356. The molecule has 1 aromatic carbocycles. The van der Waals surface area contributed by atoms with Crippen molar-refractivity contribution in [1.82, 2.24) is 0 Å². The van der Waals surface area contributed by atoms with Crippen LogP contribution in [0.15, 0.2) is 30.2 Å². The summed E-state index contributed by atoms with van der Waals surface area (Å²) in [5.41, 5.74) is 0.405. The summed E-state index contributed by atoms with van der Waals surface area (Å²) in [5, 5.41) is 0. The standard InChI is InChI=1S/C7H8/c1-7-5-3-2-4-6-7/h2-6H,1H3/i3D,4D,5D,6D. The summed E-state index contributed by atoms with van der Waals surface area (Å²) >= 11 is 0. The number of hydrogen-bond acceptors (Lipinski definition) is 0. The van der Waals surface area contributed by atoms with E-state index in [9.17, 15) is 0 Å². The molecule has 0 amide bonds. The molecule has 1 rings (SSSR count). The molecule has 0 saturated heterocycles. The highest BCUT2D eigenvalue weighted by atomic mass is 13.8. The molecule has 0 saturated carbocycles. The zero-order valence-corrected chi connectivity index (χ0v) is 4.08. The minimum absolute atomic E-state index is 0.0171. The first-order chi connectivity index (χ1) is 5.04. The molecule has 0 aliphatic heterocycles. The van der Waals surface area contributed by atoms with Crippen molar-refractivity contribution in [2.24, 2.45) is 0 Å². The van der Waals surface area contributed by atoms with Gasteiger partial charge in [-0.3, -0.25) is 0 Å². The molecule has 0 spiro atoms. The van der Waals surface area contributed by atoms with E-state index in [4.69, 9.17) is 5.48 Å². The molecule has 0 aliphatic carbocycles. The molecule has 0 atom stereocenters. The van der Waals surface area contributed by atoms with Crippen LogP contribution in [0.25, 0.3) is 0 Å². The Morgan fingerprint density at radius 3 is 2.57 bits per heavy atom. The van der Waals surface area contributed by atoms with Gasteiger partial charge in [0.05, 0.1) is 5.48 Å². The Balaban J connectivity index is 3.46. The van der Waals surface area contributed by atoms with Crippen molar-refractivity contribution in [3.63, 3.8) is 0 Å². The lowest BCUT2D eigenvalue weighted by Crippen LogP contribution is -1.62. The maximum atomic E-state index is 7.29. The second kappa shape index (κ2) is 1.78. The Hall–Kier alpha value is -0.780. The first kappa shape index (κ1) is 1.62. The summed E-state index contributed by atoms with van der Waals surface area (Å²) in [7, 11) is 0. The van der Waals surface area contributed by atoms with Crippen molar-refractivity contribution < 1.29 is 5.48 Å². The fraction of sp³-hybridized carbons (Fsp3) is 0.143. The Kier molecular flexibility index (Phi) is 0.413. The molecule has 0 aromatic heterocycles. The summed E-state index contributed by atoms with van der Waals surface area (Å²) in [6.45, 7) is 1.58. The Bertz CT molecular complexity index is 267. The molecular formula is C7H8. The van der Waals surface area contributed by atoms with Crippen LogP contribution in [-0.2, 0) is 0 Å². The fourth-order valence-corrected chi connectivity index (χ4v) is 0.356. The lowest BCUT2D eigenvalue weighted by molar-refractivity contribution is 1.48. The highest BCUT2D eigenvalue weighted by Gasteiger charge is 1.72. The van der Waals surface area contributed by atoms with Gasteiger partial charge in [0, 0.05) is 0 Å². The van der Waals surface area contributed by atoms with Crippen molar-refractivity contribution >= 4 is 0 Å². The van der Waals surface area contributed by atoms with Crippen molar-refractivity contribution in [2.75, 3.05) is 0 Å². The van der Waals surface area contributed by atoms with Gasteiger partial charge in [-0.2, -0.15) is 0 Å². The zero-order valence-electron chi connectivity index (χ0n) is 8.08. The maximum Gasteiger partial charge on any atom is 0.0625 e. The molecule has 0 nitrogen and oxygen atoms in total. The van der Waals surface area contributed by atoms with E-state index in [0.29, 0.717) is 5.56 Å². The van der Waals surface area contributed by atoms with Crippen molar-refractivity contribution in [3.8, 4) is 0 Å². The lowest BCUT2D eigenvalue weighted by Gasteiger charge is -1.82. The largest absolute Gasteiger partial charge is 0.0625 e. The third kappa shape index (κ3) is 1.04. The summed E-state index contributed by atoms with van der Waals surface area (Å²) in [6.07, 6.45) is 0. The molecule has 0 N–H and O–H groups in total. The summed E-state index contributed by atoms with van der Waals surface area (Å²) < 4.78 is 29.0. The van der Waals surface area contributed by atoms with Gasteiger partial charge in [0.2, 0.25) is 0 Å². The van der Waals surface area contributed by atoms with E-state index in [0.717, 1.165) is 0 Å². The first-order valence-corrected chi connectivity index (χ1v) is 2.08. The van der Waals surface area contributed by atoms with E-state index >= 15 is 0 Å². The van der Waals surface area contributed by atoms with Crippen LogP contribution in [0, 0.1) is 6.92 Å². The van der Waals surface area contributed by atoms with Gasteiger partial charge in [0.25, 0.3) is 0 Å². The van der Waals surface area contributed by atoms with E-state index < -0.39 is 0 Å². The van der Waals surface area contributed by atoms with Gasteiger partial charge in [-0.05, 0) is 6.92 Å². The third-order valence-electron chi connectivity index (χ3n) is 0.664. The lowest BCUT2D eigenvalue weighted by atomic mass is 10.2. The molecule has 7 heavy (non-hydrogen) atoms. The molecule has 1 aromatic rings. The molecule has 0 unspecified atom stereocenters. The summed E-state index contributed by atoms with van der Waals surface area (Å²) in [6, 6.07) is 1.35. The van der Waals surface area contributed by atoms with Crippen LogP contribution in [-0.4, -0.2) is 0 Å². The van der Waals surface area contributed by atoms with Crippen LogP contribution in [0.1, 0.15) is 11.0 Å². The minimum Gasteiger partial charge on any atom is -0.0622 e. The predicted octanol–water partition coefficient (Wildman–Crippen LogP) is 2.00. The average molecular weight is 96.2 g/mol. The first-order valence-electron chi connectivity index (χ1n) is 4.08. The molecule has 0 heteroatoms. The smallest absolute Gasteiger partial charge is 0.0622 e. The average Bonchev–Trinajstić information content (AvgIpc) is 1.97. The Labute approximate surface area is 49.4 Å². The van der Waals surface area contributed by atoms with Gasteiger partial charge in [-0.15, -0.1) is 0 Å². The van der Waals surface area contributed by atoms with Gasteiger partial charge in [0.15, 0.2) is 0 Å². The van der Waals surface area contributed by atoms with Crippen LogP contribution in [0.3, 0.4) is 0 Å². The maximum absolute atomic E-state index is 7.29. The van der Waals surface area contributed by atoms with Gasteiger partial charge < -0.3 is 0 Å². The third-order valence-corrected chi connectivity index (χ3v) is 0.664. The topological polar surface area (TPSA) is 0 Å². The van der Waals surface area contributed by atoms with Crippen molar-refractivity contribution in [2.45, 2.75) is 6.92 Å². The van der Waals surface area contributed by atoms with E-state index in [-0.39, 0.29) is 24.2 Å². The van der Waals surface area contributed by atoms with Crippen LogP contribution < -0.4 is 0 Å². The molecular weight excluding hydrogens is 84.1 g/mol. The molecule has 0 bridgehead atoms. The van der Waals surface area contributed by atoms with E-state index in [1.807, 2.05) is 0 Å². The quantitative estimate of drug-likeness (QED) is 0.463. The highest BCUT2D eigenvalue weighted by molar-refractivity contribution is 5.11. The highest BCUT2D eigenvalue weighted by Crippen LogP contribution is 1.92. The molecule has 0 fully saturated rings. The van der Waals surface area contributed by atoms with Crippen LogP contribution in [0.4, 0.5) is 0 Å². The van der Waals surface area contributed by atoms with Crippen LogP contribution in [0.5, 0.6) is 0 Å². The summed E-state index contributed by atoms with van der Waals surface area (Å²) in [4.78, 5) is 0. The number of rotatable bonds is 0. The molecule has 0 radical (unpaired) electrons. The SMILES string of the molecule is [2H]c1cc([2H])c([2H])c(C)c1[2H]. The van der Waals surface area contributed by atoms with E-state index in [1.165, 1.54) is 6.07 Å². The van der Waals surface area contributed by atoms with Gasteiger partial charge in [-0.1, -0.05) is 35.8 Å². The molecule has 0 aliphatic rings. The van der Waals surface area contributed by atoms with Crippen molar-refractivity contribution in [3.05, 3.63) is 35.8 Å². The van der Waals surface area contributed by atoms with Gasteiger partial charge in [0.1, 0.15) is 0 Å². The van der Waals surface area contributed by atoms with Crippen molar-refractivity contribution in [1.29, 1.82) is 0 Å². The number of benzene rings is 1. The Morgan fingerprint density at radius 1 is 1.43 bits per heavy atom. The number of hydrogen-bond donors (Lipinski definition) is 0. The summed E-state index contributed by atoms with van der Waals surface area (Å²) in [5.74, 6) is 0. The van der Waals surface area contributed by atoms with E-state index in [1.54, 1.807) is 6.92 Å².